The van der Waals surface area contributed by atoms with Crippen LogP contribution in [0.2, 0.25) is 0 Å². The number of nitrogens with one attached hydrogen (secondary N) is 1. The standard InChI is InChI=1S/C12H19N3/c1-9(2)12-14-7-5-11(15-12)10-4-3-6-13-8-10/h5,7,9-10,13H,3-4,6,8H2,1-2H3/t10-/m1/s1. The molecule has 3 nitrogen and oxygen atoms in total. The molecule has 1 aromatic rings. The molecule has 0 spiro atoms. The van der Waals surface area contributed by atoms with E-state index in [1.807, 2.05) is 6.20 Å². The molecular weight excluding hydrogens is 186 g/mol. The molecule has 0 radical (unpaired) electrons. The molecule has 1 N–H and O–H groups in total. The number of rotatable bonds is 2. The maximum Gasteiger partial charge on any atom is 0.131 e. The third kappa shape index (κ3) is 2.53. The van der Waals surface area contributed by atoms with Crippen molar-refractivity contribution in [2.75, 3.05) is 13.1 Å². The van der Waals surface area contributed by atoms with Gasteiger partial charge >= 0.3 is 0 Å². The molecule has 1 fully saturated rings. The molecule has 1 aliphatic rings. The molecule has 0 bridgehead atoms. The second kappa shape index (κ2) is 4.71. The van der Waals surface area contributed by atoms with E-state index in [1.54, 1.807) is 0 Å². The van der Waals surface area contributed by atoms with Crippen molar-refractivity contribution in [3.63, 3.8) is 0 Å². The summed E-state index contributed by atoms with van der Waals surface area (Å²) in [6.45, 7) is 6.49. The van der Waals surface area contributed by atoms with Gasteiger partial charge in [-0.3, -0.25) is 0 Å². The second-order valence-corrected chi connectivity index (χ2v) is 4.54. The molecule has 0 unspecified atom stereocenters. The fourth-order valence-electron chi connectivity index (χ4n) is 2.00. The maximum atomic E-state index is 4.64. The van der Waals surface area contributed by atoms with Crippen LogP contribution in [0.1, 0.15) is 50.0 Å². The Morgan fingerprint density at radius 3 is 3.00 bits per heavy atom. The zero-order valence-electron chi connectivity index (χ0n) is 9.53. The predicted octanol–water partition coefficient (Wildman–Crippen LogP) is 2.07. The molecule has 3 heteroatoms. The molecule has 2 rings (SSSR count). The Bertz CT molecular complexity index is 316. The van der Waals surface area contributed by atoms with Crippen molar-refractivity contribution in [2.24, 2.45) is 0 Å². The van der Waals surface area contributed by atoms with Crippen LogP contribution >= 0.6 is 0 Å². The van der Waals surface area contributed by atoms with E-state index < -0.39 is 0 Å². The molecular formula is C12H19N3. The molecule has 0 aromatic carbocycles. The van der Waals surface area contributed by atoms with Gasteiger partial charge in [0.1, 0.15) is 5.82 Å². The van der Waals surface area contributed by atoms with Crippen molar-refractivity contribution in [3.8, 4) is 0 Å². The summed E-state index contributed by atoms with van der Waals surface area (Å²) >= 11 is 0. The van der Waals surface area contributed by atoms with Gasteiger partial charge in [-0.1, -0.05) is 13.8 Å². The summed E-state index contributed by atoms with van der Waals surface area (Å²) in [6.07, 6.45) is 4.40. The highest BCUT2D eigenvalue weighted by atomic mass is 14.9. The van der Waals surface area contributed by atoms with Crippen molar-refractivity contribution in [1.82, 2.24) is 15.3 Å². The van der Waals surface area contributed by atoms with Crippen molar-refractivity contribution >= 4 is 0 Å². The van der Waals surface area contributed by atoms with Crippen molar-refractivity contribution in [2.45, 2.75) is 38.5 Å². The van der Waals surface area contributed by atoms with Crippen LogP contribution in [0.3, 0.4) is 0 Å². The second-order valence-electron chi connectivity index (χ2n) is 4.54. The first-order chi connectivity index (χ1) is 7.27. The van der Waals surface area contributed by atoms with E-state index in [0.29, 0.717) is 11.8 Å². The normalized spacial score (nSPS) is 21.9. The highest BCUT2D eigenvalue weighted by Gasteiger charge is 2.17. The Kier molecular flexibility index (Phi) is 3.31. The third-order valence-electron chi connectivity index (χ3n) is 2.93. The largest absolute Gasteiger partial charge is 0.316 e. The van der Waals surface area contributed by atoms with Crippen LogP contribution in [0.5, 0.6) is 0 Å². The minimum absolute atomic E-state index is 0.418. The van der Waals surface area contributed by atoms with E-state index in [4.69, 9.17) is 0 Å². The van der Waals surface area contributed by atoms with Gasteiger partial charge in [-0.05, 0) is 25.5 Å². The van der Waals surface area contributed by atoms with Gasteiger partial charge in [-0.15, -0.1) is 0 Å². The molecule has 0 aliphatic carbocycles. The van der Waals surface area contributed by atoms with Crippen molar-refractivity contribution in [1.29, 1.82) is 0 Å². The number of hydrogen-bond acceptors (Lipinski definition) is 3. The minimum atomic E-state index is 0.418. The van der Waals surface area contributed by atoms with Crippen LogP contribution in [0.4, 0.5) is 0 Å². The quantitative estimate of drug-likeness (QED) is 0.803. The number of hydrogen-bond donors (Lipinski definition) is 1. The summed E-state index contributed by atoms with van der Waals surface area (Å²) in [5, 5.41) is 3.42. The van der Waals surface area contributed by atoms with Gasteiger partial charge in [0.2, 0.25) is 0 Å². The SMILES string of the molecule is CC(C)c1nccc([C@@H]2CCCNC2)n1. The lowest BCUT2D eigenvalue weighted by Crippen LogP contribution is -2.29. The third-order valence-corrected chi connectivity index (χ3v) is 2.93. The summed E-state index contributed by atoms with van der Waals surface area (Å²) in [6, 6.07) is 2.06. The molecule has 0 amide bonds. The lowest BCUT2D eigenvalue weighted by atomic mass is 9.96. The minimum Gasteiger partial charge on any atom is -0.316 e. The molecule has 1 aliphatic heterocycles. The van der Waals surface area contributed by atoms with E-state index in [-0.39, 0.29) is 0 Å². The molecule has 1 saturated heterocycles. The average molecular weight is 205 g/mol. The Morgan fingerprint density at radius 2 is 2.33 bits per heavy atom. The first-order valence-electron chi connectivity index (χ1n) is 5.81. The predicted molar refractivity (Wildman–Crippen MR) is 61.0 cm³/mol. The molecule has 2 heterocycles. The molecule has 0 saturated carbocycles. The summed E-state index contributed by atoms with van der Waals surface area (Å²) in [4.78, 5) is 8.95. The van der Waals surface area contributed by atoms with Gasteiger partial charge in [0.05, 0.1) is 0 Å². The van der Waals surface area contributed by atoms with E-state index in [0.717, 1.165) is 18.9 Å². The number of nitrogens with zero attached hydrogens (tertiary/aromatic N) is 2. The number of piperidine rings is 1. The van der Waals surface area contributed by atoms with Crippen LogP contribution in [0.25, 0.3) is 0 Å². The Balaban J connectivity index is 2.16. The van der Waals surface area contributed by atoms with E-state index >= 15 is 0 Å². The van der Waals surface area contributed by atoms with Gasteiger partial charge in [0, 0.05) is 30.3 Å². The summed E-state index contributed by atoms with van der Waals surface area (Å²) in [5.41, 5.74) is 1.21. The Labute approximate surface area is 91.3 Å². The van der Waals surface area contributed by atoms with Crippen molar-refractivity contribution in [3.05, 3.63) is 23.8 Å². The Morgan fingerprint density at radius 1 is 1.47 bits per heavy atom. The smallest absolute Gasteiger partial charge is 0.131 e. The first-order valence-corrected chi connectivity index (χ1v) is 5.81. The lowest BCUT2D eigenvalue weighted by molar-refractivity contribution is 0.452. The van der Waals surface area contributed by atoms with E-state index in [2.05, 4.69) is 35.2 Å². The van der Waals surface area contributed by atoms with Crippen LogP contribution < -0.4 is 5.32 Å². The fraction of sp³-hybridized carbons (Fsp3) is 0.667. The van der Waals surface area contributed by atoms with Gasteiger partial charge in [-0.25, -0.2) is 9.97 Å². The van der Waals surface area contributed by atoms with Crippen molar-refractivity contribution < 1.29 is 0 Å². The highest BCUT2D eigenvalue weighted by molar-refractivity contribution is 5.11. The molecule has 1 aromatic heterocycles. The first kappa shape index (κ1) is 10.6. The van der Waals surface area contributed by atoms with Gasteiger partial charge in [0.25, 0.3) is 0 Å². The summed E-state index contributed by atoms with van der Waals surface area (Å²) in [7, 11) is 0. The zero-order chi connectivity index (χ0) is 10.7. The van der Waals surface area contributed by atoms with Crippen LogP contribution in [-0.2, 0) is 0 Å². The molecule has 1 atom stereocenters. The lowest BCUT2D eigenvalue weighted by Gasteiger charge is -2.22. The van der Waals surface area contributed by atoms with Gasteiger partial charge in [0.15, 0.2) is 0 Å². The zero-order valence-corrected chi connectivity index (χ0v) is 9.53. The van der Waals surface area contributed by atoms with E-state index in [1.165, 1.54) is 18.5 Å². The maximum absolute atomic E-state index is 4.64. The average Bonchev–Trinajstić information content (AvgIpc) is 2.30. The van der Waals surface area contributed by atoms with Crippen LogP contribution in [-0.4, -0.2) is 23.1 Å². The van der Waals surface area contributed by atoms with Crippen LogP contribution in [0, 0.1) is 0 Å². The fourth-order valence-corrected chi connectivity index (χ4v) is 2.00. The van der Waals surface area contributed by atoms with E-state index in [9.17, 15) is 0 Å². The van der Waals surface area contributed by atoms with Gasteiger partial charge in [-0.2, -0.15) is 0 Å². The topological polar surface area (TPSA) is 37.8 Å². The van der Waals surface area contributed by atoms with Gasteiger partial charge < -0.3 is 5.32 Å². The summed E-state index contributed by atoms with van der Waals surface area (Å²) in [5.74, 6) is 1.97. The molecule has 15 heavy (non-hydrogen) atoms. The number of aromatic nitrogens is 2. The monoisotopic (exact) mass is 205 g/mol. The summed E-state index contributed by atoms with van der Waals surface area (Å²) < 4.78 is 0. The Hall–Kier alpha value is -0.960. The highest BCUT2D eigenvalue weighted by Crippen LogP contribution is 2.22. The molecule has 82 valence electrons. The van der Waals surface area contributed by atoms with Crippen LogP contribution in [0.15, 0.2) is 12.3 Å².